The molecular formula is C13H21NS. The predicted molar refractivity (Wildman–Crippen MR) is 67.1 cm³/mol. The average Bonchev–Trinajstić information content (AvgIpc) is 2.64. The Hall–Kier alpha value is -0.340. The molecule has 1 heterocycles. The highest BCUT2D eigenvalue weighted by Crippen LogP contribution is 2.31. The summed E-state index contributed by atoms with van der Waals surface area (Å²) >= 11 is 1.81. The first-order chi connectivity index (χ1) is 7.40. The second-order valence-electron chi connectivity index (χ2n) is 4.73. The number of hydrogen-bond acceptors (Lipinski definition) is 2. The molecule has 1 aliphatic carbocycles. The molecule has 2 atom stereocenters. The summed E-state index contributed by atoms with van der Waals surface area (Å²) in [7, 11) is 0. The number of thiophene rings is 1. The van der Waals surface area contributed by atoms with E-state index in [4.69, 9.17) is 5.73 Å². The lowest BCUT2D eigenvalue weighted by molar-refractivity contribution is 0.318. The number of hydrogen-bond donors (Lipinski definition) is 1. The van der Waals surface area contributed by atoms with Crippen LogP contribution in [0.3, 0.4) is 0 Å². The minimum absolute atomic E-state index is 0.771. The molecule has 0 saturated heterocycles. The Morgan fingerprint density at radius 3 is 2.67 bits per heavy atom. The van der Waals surface area contributed by atoms with E-state index in [9.17, 15) is 0 Å². The molecule has 0 bridgehead atoms. The van der Waals surface area contributed by atoms with Crippen LogP contribution in [0.25, 0.3) is 0 Å². The third-order valence-electron chi connectivity index (χ3n) is 3.70. The molecule has 1 aromatic heterocycles. The van der Waals surface area contributed by atoms with E-state index in [1.54, 1.807) is 0 Å². The number of rotatable bonds is 3. The molecular weight excluding hydrogens is 202 g/mol. The van der Waals surface area contributed by atoms with Crippen LogP contribution in [0.1, 0.15) is 37.7 Å². The lowest BCUT2D eigenvalue weighted by Crippen LogP contribution is -2.24. The molecule has 2 N–H and O–H groups in total. The zero-order chi connectivity index (χ0) is 10.5. The van der Waals surface area contributed by atoms with Gasteiger partial charge in [-0.3, -0.25) is 0 Å². The highest BCUT2D eigenvalue weighted by Gasteiger charge is 2.22. The van der Waals surface area contributed by atoms with Crippen LogP contribution < -0.4 is 5.73 Å². The summed E-state index contributed by atoms with van der Waals surface area (Å²) in [5.41, 5.74) is 7.41. The average molecular weight is 223 g/mol. The van der Waals surface area contributed by atoms with Crippen LogP contribution in [0.5, 0.6) is 0 Å². The van der Waals surface area contributed by atoms with E-state index in [0.29, 0.717) is 0 Å². The van der Waals surface area contributed by atoms with Crippen LogP contribution in [-0.2, 0) is 6.42 Å². The van der Waals surface area contributed by atoms with Gasteiger partial charge in [0.2, 0.25) is 0 Å². The first-order valence-electron chi connectivity index (χ1n) is 6.11. The molecule has 1 saturated carbocycles. The minimum atomic E-state index is 0.771. The van der Waals surface area contributed by atoms with Crippen molar-refractivity contribution < 1.29 is 0 Å². The van der Waals surface area contributed by atoms with Crippen molar-refractivity contribution in [1.82, 2.24) is 0 Å². The summed E-state index contributed by atoms with van der Waals surface area (Å²) in [5.74, 6) is 1.61. The SMILES string of the molecule is NCC1CCCCCC1Cc1ccsc1. The highest BCUT2D eigenvalue weighted by atomic mass is 32.1. The van der Waals surface area contributed by atoms with Gasteiger partial charge in [-0.2, -0.15) is 11.3 Å². The topological polar surface area (TPSA) is 26.0 Å². The maximum absolute atomic E-state index is 5.89. The van der Waals surface area contributed by atoms with Gasteiger partial charge in [-0.25, -0.2) is 0 Å². The zero-order valence-electron chi connectivity index (χ0n) is 9.32. The molecule has 0 amide bonds. The molecule has 0 spiro atoms. The van der Waals surface area contributed by atoms with Crippen LogP contribution in [0.2, 0.25) is 0 Å². The molecule has 84 valence electrons. The maximum atomic E-state index is 5.89. The molecule has 1 fully saturated rings. The van der Waals surface area contributed by atoms with Crippen LogP contribution >= 0.6 is 11.3 Å². The van der Waals surface area contributed by atoms with Crippen molar-refractivity contribution >= 4 is 11.3 Å². The van der Waals surface area contributed by atoms with Crippen LogP contribution in [0.15, 0.2) is 16.8 Å². The van der Waals surface area contributed by atoms with Gasteiger partial charge in [-0.1, -0.05) is 19.3 Å². The summed E-state index contributed by atoms with van der Waals surface area (Å²) in [4.78, 5) is 0. The summed E-state index contributed by atoms with van der Waals surface area (Å²) in [6.07, 6.45) is 8.21. The van der Waals surface area contributed by atoms with Gasteiger partial charge >= 0.3 is 0 Å². The summed E-state index contributed by atoms with van der Waals surface area (Å²) in [5, 5.41) is 4.47. The van der Waals surface area contributed by atoms with Gasteiger partial charge in [0.05, 0.1) is 0 Å². The number of nitrogens with two attached hydrogens (primary N) is 1. The molecule has 1 aromatic rings. The smallest absolute Gasteiger partial charge is 0.00461 e. The molecule has 2 unspecified atom stereocenters. The van der Waals surface area contributed by atoms with Crippen LogP contribution in [0.4, 0.5) is 0 Å². The van der Waals surface area contributed by atoms with Gasteiger partial charge in [-0.05, 0) is 60.0 Å². The largest absolute Gasteiger partial charge is 0.330 e. The van der Waals surface area contributed by atoms with Crippen molar-refractivity contribution in [2.75, 3.05) is 6.54 Å². The summed E-state index contributed by atoms with van der Waals surface area (Å²) < 4.78 is 0. The van der Waals surface area contributed by atoms with Crippen molar-refractivity contribution in [2.45, 2.75) is 38.5 Å². The quantitative estimate of drug-likeness (QED) is 0.780. The molecule has 1 nitrogen and oxygen atoms in total. The van der Waals surface area contributed by atoms with E-state index in [0.717, 1.165) is 18.4 Å². The Balaban J connectivity index is 1.97. The van der Waals surface area contributed by atoms with E-state index in [1.807, 2.05) is 11.3 Å². The molecule has 15 heavy (non-hydrogen) atoms. The monoisotopic (exact) mass is 223 g/mol. The Morgan fingerprint density at radius 1 is 1.20 bits per heavy atom. The van der Waals surface area contributed by atoms with Gasteiger partial charge in [-0.15, -0.1) is 0 Å². The molecule has 0 aromatic carbocycles. The van der Waals surface area contributed by atoms with Gasteiger partial charge in [0.25, 0.3) is 0 Å². The van der Waals surface area contributed by atoms with E-state index in [2.05, 4.69) is 16.8 Å². The van der Waals surface area contributed by atoms with Crippen molar-refractivity contribution in [3.63, 3.8) is 0 Å². The van der Waals surface area contributed by atoms with Crippen molar-refractivity contribution in [3.05, 3.63) is 22.4 Å². The van der Waals surface area contributed by atoms with Gasteiger partial charge in [0.15, 0.2) is 0 Å². The van der Waals surface area contributed by atoms with Crippen LogP contribution in [0, 0.1) is 11.8 Å². The van der Waals surface area contributed by atoms with E-state index < -0.39 is 0 Å². The third kappa shape index (κ3) is 3.05. The van der Waals surface area contributed by atoms with E-state index >= 15 is 0 Å². The Labute approximate surface area is 96.7 Å². The maximum Gasteiger partial charge on any atom is -0.00461 e. The molecule has 0 aliphatic heterocycles. The summed E-state index contributed by atoms with van der Waals surface area (Å²) in [6, 6.07) is 2.27. The fourth-order valence-electron chi connectivity index (χ4n) is 2.75. The Bertz CT molecular complexity index is 268. The van der Waals surface area contributed by atoms with E-state index in [-0.39, 0.29) is 0 Å². The fourth-order valence-corrected chi connectivity index (χ4v) is 3.43. The Morgan fingerprint density at radius 2 is 2.00 bits per heavy atom. The molecule has 2 rings (SSSR count). The minimum Gasteiger partial charge on any atom is -0.330 e. The third-order valence-corrected chi connectivity index (χ3v) is 4.43. The first-order valence-corrected chi connectivity index (χ1v) is 7.05. The first kappa shape index (κ1) is 11.2. The lowest BCUT2D eigenvalue weighted by Gasteiger charge is -2.23. The van der Waals surface area contributed by atoms with Crippen molar-refractivity contribution in [3.8, 4) is 0 Å². The fraction of sp³-hybridized carbons (Fsp3) is 0.692. The van der Waals surface area contributed by atoms with Crippen LogP contribution in [-0.4, -0.2) is 6.54 Å². The second-order valence-corrected chi connectivity index (χ2v) is 5.51. The Kier molecular flexibility index (Phi) is 4.21. The molecule has 2 heteroatoms. The highest BCUT2D eigenvalue weighted by molar-refractivity contribution is 7.07. The standard InChI is InChI=1S/C13H21NS/c14-9-13-5-3-1-2-4-12(13)8-11-6-7-15-10-11/h6-7,10,12-13H,1-5,8-9,14H2. The predicted octanol–water partition coefficient (Wildman–Crippen LogP) is 3.45. The van der Waals surface area contributed by atoms with Gasteiger partial charge in [0, 0.05) is 0 Å². The zero-order valence-corrected chi connectivity index (χ0v) is 10.1. The molecule has 1 aliphatic rings. The second kappa shape index (κ2) is 5.66. The van der Waals surface area contributed by atoms with Gasteiger partial charge < -0.3 is 5.73 Å². The summed E-state index contributed by atoms with van der Waals surface area (Å²) in [6.45, 7) is 0.884. The van der Waals surface area contributed by atoms with E-state index in [1.165, 1.54) is 44.1 Å². The normalized spacial score (nSPS) is 27.5. The van der Waals surface area contributed by atoms with Crippen molar-refractivity contribution in [2.24, 2.45) is 17.6 Å². The molecule has 0 radical (unpaired) electrons. The lowest BCUT2D eigenvalue weighted by atomic mass is 9.84. The van der Waals surface area contributed by atoms with Gasteiger partial charge in [0.1, 0.15) is 0 Å². The van der Waals surface area contributed by atoms with Crippen molar-refractivity contribution in [1.29, 1.82) is 0 Å².